The summed E-state index contributed by atoms with van der Waals surface area (Å²) in [6.45, 7) is 1.94. The molecule has 1 fully saturated rings. The lowest BCUT2D eigenvalue weighted by molar-refractivity contribution is -0.122. The number of carbonyl (C=O) groups excluding carboxylic acids is 2. The Bertz CT molecular complexity index is 1260. The number of imide groups is 1. The lowest BCUT2D eigenvalue weighted by Gasteiger charge is -2.30. The largest absolute Gasteiger partial charge is 0.504 e. The predicted octanol–water partition coefficient (Wildman–Crippen LogP) is 3.25. The molecule has 0 radical (unpaired) electrons. The zero-order valence-corrected chi connectivity index (χ0v) is 18.3. The zero-order chi connectivity index (χ0) is 21.9. The monoisotopic (exact) mass is 454 g/mol. The summed E-state index contributed by atoms with van der Waals surface area (Å²) in [6, 6.07) is 12.1. The topological polar surface area (TPSA) is 99.7 Å². The number of thioether (sulfide) groups is 1. The molecule has 2 N–H and O–H groups in total. The van der Waals surface area contributed by atoms with Crippen molar-refractivity contribution in [1.29, 1.82) is 0 Å². The van der Waals surface area contributed by atoms with Crippen LogP contribution >= 0.6 is 23.1 Å². The Labute approximate surface area is 185 Å². The smallest absolute Gasteiger partial charge is 0.305 e. The van der Waals surface area contributed by atoms with E-state index >= 15 is 0 Å². The number of hydrogen-bond acceptors (Lipinski definition) is 7. The number of hydrogen-bond donors (Lipinski definition) is 2. The van der Waals surface area contributed by atoms with E-state index in [1.54, 1.807) is 24.3 Å². The molecular weight excluding hydrogens is 436 g/mol. The number of fused-ring (bicyclic) bond motifs is 2. The maximum Gasteiger partial charge on any atom is 0.305 e. The van der Waals surface area contributed by atoms with E-state index in [1.807, 2.05) is 19.1 Å². The fourth-order valence-corrected chi connectivity index (χ4v) is 6.73. The maximum absolute atomic E-state index is 13.6. The standard InChI is InChI=1S/C22H18N2O5S2/c1-10-3-6-12(7-4-10)24-20(26)16-15(11-5-8-13(25)14(9-11)29-2)17-19(23-22(28)31-17)30-18(16)21(24)27/h3-9,15-16,18,25H,1-2H3,(H,23,28). The van der Waals surface area contributed by atoms with Gasteiger partial charge in [-0.1, -0.05) is 46.9 Å². The van der Waals surface area contributed by atoms with Crippen LogP contribution in [-0.4, -0.2) is 34.3 Å². The van der Waals surface area contributed by atoms with Gasteiger partial charge in [0.15, 0.2) is 11.5 Å². The number of benzene rings is 2. The van der Waals surface area contributed by atoms with Gasteiger partial charge in [-0.05, 0) is 36.8 Å². The van der Waals surface area contributed by atoms with E-state index in [4.69, 9.17) is 4.74 Å². The number of aromatic amines is 1. The van der Waals surface area contributed by atoms with Gasteiger partial charge in [-0.15, -0.1) is 0 Å². The lowest BCUT2D eigenvalue weighted by atomic mass is 9.83. The number of carbonyl (C=O) groups is 2. The van der Waals surface area contributed by atoms with Crippen molar-refractivity contribution in [1.82, 2.24) is 4.98 Å². The summed E-state index contributed by atoms with van der Waals surface area (Å²) >= 11 is 2.28. The number of H-pyrrole nitrogens is 1. The Morgan fingerprint density at radius 2 is 1.81 bits per heavy atom. The molecule has 7 nitrogen and oxygen atoms in total. The molecule has 3 aromatic rings. The molecule has 3 unspecified atom stereocenters. The summed E-state index contributed by atoms with van der Waals surface area (Å²) < 4.78 is 5.25. The van der Waals surface area contributed by atoms with E-state index in [9.17, 15) is 19.5 Å². The van der Waals surface area contributed by atoms with E-state index in [-0.39, 0.29) is 28.2 Å². The number of phenols is 1. The Hall–Kier alpha value is -3.04. The minimum Gasteiger partial charge on any atom is -0.504 e. The molecule has 3 heterocycles. The lowest BCUT2D eigenvalue weighted by Crippen LogP contribution is -2.32. The molecule has 1 saturated heterocycles. The van der Waals surface area contributed by atoms with Crippen LogP contribution in [-0.2, 0) is 9.59 Å². The molecule has 158 valence electrons. The molecule has 2 amide bonds. The Morgan fingerprint density at radius 3 is 2.52 bits per heavy atom. The molecule has 2 aromatic carbocycles. The van der Waals surface area contributed by atoms with E-state index < -0.39 is 17.1 Å². The molecule has 2 aliphatic heterocycles. The molecule has 3 atom stereocenters. The second-order valence-corrected chi connectivity index (χ2v) is 9.70. The number of thiazole rings is 1. The van der Waals surface area contributed by atoms with Crippen LogP contribution in [0.25, 0.3) is 0 Å². The van der Waals surface area contributed by atoms with Crippen molar-refractivity contribution >= 4 is 40.6 Å². The van der Waals surface area contributed by atoms with Crippen LogP contribution in [0, 0.1) is 12.8 Å². The summed E-state index contributed by atoms with van der Waals surface area (Å²) in [5.41, 5.74) is 2.27. The number of rotatable bonds is 3. The fourth-order valence-electron chi connectivity index (χ4n) is 4.21. The summed E-state index contributed by atoms with van der Waals surface area (Å²) in [5, 5.41) is 9.97. The molecule has 1 aromatic heterocycles. The Kier molecular flexibility index (Phi) is 4.67. The number of methoxy groups -OCH3 is 1. The first-order chi connectivity index (χ1) is 14.9. The highest BCUT2D eigenvalue weighted by atomic mass is 32.2. The summed E-state index contributed by atoms with van der Waals surface area (Å²) in [7, 11) is 1.45. The van der Waals surface area contributed by atoms with E-state index in [0.29, 0.717) is 16.3 Å². The summed E-state index contributed by atoms with van der Waals surface area (Å²) in [4.78, 5) is 43.6. The third kappa shape index (κ3) is 3.07. The second kappa shape index (κ2) is 7.28. The first-order valence-electron chi connectivity index (χ1n) is 9.60. The van der Waals surface area contributed by atoms with Crippen molar-refractivity contribution in [2.75, 3.05) is 12.0 Å². The second-order valence-electron chi connectivity index (χ2n) is 7.53. The number of amides is 2. The van der Waals surface area contributed by atoms with Gasteiger partial charge in [0, 0.05) is 10.8 Å². The van der Waals surface area contributed by atoms with Crippen molar-refractivity contribution in [3.63, 3.8) is 0 Å². The summed E-state index contributed by atoms with van der Waals surface area (Å²) in [5.74, 6) is -1.53. The van der Waals surface area contributed by atoms with Crippen molar-refractivity contribution in [3.8, 4) is 11.5 Å². The third-order valence-corrected chi connectivity index (χ3v) is 8.08. The van der Waals surface area contributed by atoms with Gasteiger partial charge in [-0.25, -0.2) is 4.90 Å². The van der Waals surface area contributed by atoms with Crippen LogP contribution < -0.4 is 14.5 Å². The zero-order valence-electron chi connectivity index (χ0n) is 16.6. The number of nitrogens with one attached hydrogen (secondary N) is 1. The van der Waals surface area contributed by atoms with Gasteiger partial charge in [0.25, 0.3) is 0 Å². The van der Waals surface area contributed by atoms with Gasteiger partial charge in [0.1, 0.15) is 5.25 Å². The normalized spacial score (nSPS) is 22.4. The number of nitrogens with zero attached hydrogens (tertiary/aromatic N) is 1. The van der Waals surface area contributed by atoms with Gasteiger partial charge in [0.05, 0.1) is 23.7 Å². The quantitative estimate of drug-likeness (QED) is 0.590. The first kappa shape index (κ1) is 19.9. The molecule has 9 heteroatoms. The minimum atomic E-state index is -0.674. The highest BCUT2D eigenvalue weighted by Crippen LogP contribution is 2.53. The third-order valence-electron chi connectivity index (χ3n) is 5.68. The fraction of sp³-hybridized carbons (Fsp3) is 0.227. The summed E-state index contributed by atoms with van der Waals surface area (Å²) in [6.07, 6.45) is 0. The van der Waals surface area contributed by atoms with E-state index in [1.165, 1.54) is 29.8 Å². The van der Waals surface area contributed by atoms with Crippen LogP contribution in [0.2, 0.25) is 0 Å². The van der Waals surface area contributed by atoms with Gasteiger partial charge >= 0.3 is 4.87 Å². The molecule has 0 bridgehead atoms. The molecule has 5 rings (SSSR count). The molecule has 0 saturated carbocycles. The van der Waals surface area contributed by atoms with Crippen LogP contribution in [0.1, 0.15) is 21.9 Å². The molecule has 31 heavy (non-hydrogen) atoms. The van der Waals surface area contributed by atoms with Crippen molar-refractivity contribution < 1.29 is 19.4 Å². The van der Waals surface area contributed by atoms with Crippen LogP contribution in [0.4, 0.5) is 5.69 Å². The van der Waals surface area contributed by atoms with Gasteiger partial charge in [0.2, 0.25) is 11.8 Å². The van der Waals surface area contributed by atoms with Gasteiger partial charge in [-0.3, -0.25) is 14.4 Å². The average molecular weight is 455 g/mol. The van der Waals surface area contributed by atoms with Gasteiger partial charge < -0.3 is 14.8 Å². The number of aryl methyl sites for hydroxylation is 1. The van der Waals surface area contributed by atoms with Crippen LogP contribution in [0.3, 0.4) is 0 Å². The predicted molar refractivity (Wildman–Crippen MR) is 118 cm³/mol. The van der Waals surface area contributed by atoms with Crippen molar-refractivity contribution in [2.24, 2.45) is 5.92 Å². The molecule has 0 spiro atoms. The highest BCUT2D eigenvalue weighted by molar-refractivity contribution is 8.00. The van der Waals surface area contributed by atoms with Crippen LogP contribution in [0.15, 0.2) is 52.3 Å². The van der Waals surface area contributed by atoms with Crippen LogP contribution in [0.5, 0.6) is 11.5 Å². The molecule has 2 aliphatic rings. The number of phenolic OH excluding ortho intramolecular Hbond substituents is 1. The highest BCUT2D eigenvalue weighted by Gasteiger charge is 2.56. The number of ether oxygens (including phenoxy) is 1. The Morgan fingerprint density at radius 1 is 1.06 bits per heavy atom. The molecular formula is C22H18N2O5S2. The Balaban J connectivity index is 1.66. The van der Waals surface area contributed by atoms with Gasteiger partial charge in [-0.2, -0.15) is 0 Å². The first-order valence-corrected chi connectivity index (χ1v) is 11.3. The van der Waals surface area contributed by atoms with E-state index in [0.717, 1.165) is 21.8 Å². The number of aromatic hydroxyl groups is 1. The maximum atomic E-state index is 13.6. The number of anilines is 1. The average Bonchev–Trinajstić information content (AvgIpc) is 3.24. The van der Waals surface area contributed by atoms with Crippen molar-refractivity contribution in [2.45, 2.75) is 23.1 Å². The minimum absolute atomic E-state index is 0.0226. The SMILES string of the molecule is COc1cc(C2c3sc(=O)[nH]c3SC3C(=O)N(c4ccc(C)cc4)C(=O)C32)ccc1O. The molecule has 0 aliphatic carbocycles. The van der Waals surface area contributed by atoms with Crippen molar-refractivity contribution in [3.05, 3.63) is 68.1 Å². The number of aromatic nitrogens is 1. The van der Waals surface area contributed by atoms with E-state index in [2.05, 4.69) is 4.98 Å².